The van der Waals surface area contributed by atoms with E-state index in [4.69, 9.17) is 0 Å². The molecule has 0 saturated carbocycles. The van der Waals surface area contributed by atoms with E-state index in [0.717, 1.165) is 35.9 Å². The number of benzene rings is 2. The average Bonchev–Trinajstić information content (AvgIpc) is 3.16. The van der Waals surface area contributed by atoms with Crippen LogP contribution < -0.4 is 10.2 Å². The molecule has 2 aromatic rings. The number of sulfonamides is 1. The summed E-state index contributed by atoms with van der Waals surface area (Å²) in [4.78, 5) is 15.1. The molecule has 26 heavy (non-hydrogen) atoms. The zero-order chi connectivity index (χ0) is 18.7. The summed E-state index contributed by atoms with van der Waals surface area (Å²) >= 11 is 0. The lowest BCUT2D eigenvalue weighted by Crippen LogP contribution is -2.25. The Hall–Kier alpha value is -2.38. The molecule has 6 nitrogen and oxygen atoms in total. The molecule has 3 rings (SSSR count). The van der Waals surface area contributed by atoms with Gasteiger partial charge in [-0.15, -0.1) is 0 Å². The van der Waals surface area contributed by atoms with Gasteiger partial charge < -0.3 is 10.2 Å². The number of para-hydroxylation sites is 1. The largest absolute Gasteiger partial charge is 0.371 e. The predicted molar refractivity (Wildman–Crippen MR) is 103 cm³/mol. The van der Waals surface area contributed by atoms with Crippen LogP contribution in [-0.2, 0) is 10.0 Å². The van der Waals surface area contributed by atoms with Gasteiger partial charge in [-0.1, -0.05) is 18.2 Å². The highest BCUT2D eigenvalue weighted by Crippen LogP contribution is 2.28. The molecule has 0 spiro atoms. The monoisotopic (exact) mass is 373 g/mol. The molecule has 138 valence electrons. The van der Waals surface area contributed by atoms with Gasteiger partial charge in [0.2, 0.25) is 10.0 Å². The molecule has 0 unspecified atom stereocenters. The van der Waals surface area contributed by atoms with Gasteiger partial charge in [0.1, 0.15) is 0 Å². The van der Waals surface area contributed by atoms with E-state index in [0.29, 0.717) is 11.3 Å². The predicted octanol–water partition coefficient (Wildman–Crippen LogP) is 2.79. The summed E-state index contributed by atoms with van der Waals surface area (Å²) < 4.78 is 26.1. The van der Waals surface area contributed by atoms with E-state index in [-0.39, 0.29) is 10.8 Å². The first kappa shape index (κ1) is 18.4. The van der Waals surface area contributed by atoms with Crippen molar-refractivity contribution in [3.05, 3.63) is 54.1 Å². The zero-order valence-electron chi connectivity index (χ0n) is 15.0. The van der Waals surface area contributed by atoms with Crippen molar-refractivity contribution in [2.75, 3.05) is 37.4 Å². The summed E-state index contributed by atoms with van der Waals surface area (Å²) in [6.07, 6.45) is 2.13. The molecule has 0 bridgehead atoms. The third-order valence-electron chi connectivity index (χ3n) is 4.47. The number of carbonyl (C=O) groups is 1. The minimum Gasteiger partial charge on any atom is -0.371 e. The minimum absolute atomic E-state index is 0.114. The second-order valence-corrected chi connectivity index (χ2v) is 8.63. The van der Waals surface area contributed by atoms with Crippen LogP contribution in [0.15, 0.2) is 53.4 Å². The maximum Gasteiger partial charge on any atom is 0.257 e. The molecule has 1 N–H and O–H groups in total. The van der Waals surface area contributed by atoms with Gasteiger partial charge in [0.05, 0.1) is 10.5 Å². The summed E-state index contributed by atoms with van der Waals surface area (Å²) in [5.41, 5.74) is 1.82. The topological polar surface area (TPSA) is 69.7 Å². The van der Waals surface area contributed by atoms with Crippen LogP contribution in [0.4, 0.5) is 11.4 Å². The van der Waals surface area contributed by atoms with Crippen molar-refractivity contribution in [2.45, 2.75) is 17.7 Å². The summed E-state index contributed by atoms with van der Waals surface area (Å²) in [5, 5.41) is 2.86. The van der Waals surface area contributed by atoms with Gasteiger partial charge in [0.25, 0.3) is 5.91 Å². The van der Waals surface area contributed by atoms with Crippen LogP contribution in [0.5, 0.6) is 0 Å². The fourth-order valence-electron chi connectivity index (χ4n) is 3.02. The Balaban J connectivity index is 2.02. The lowest BCUT2D eigenvalue weighted by molar-refractivity contribution is 0.102. The van der Waals surface area contributed by atoms with Crippen molar-refractivity contribution in [2.24, 2.45) is 0 Å². The molecular formula is C19H23N3O3S. The standard InChI is InChI=1S/C19H23N3O3S/c1-21(2)26(24,25)16-10-11-18(22-12-6-7-13-22)17(14-16)19(23)20-15-8-4-3-5-9-15/h3-5,8-11,14H,6-7,12-13H2,1-2H3,(H,20,23). The first-order chi connectivity index (χ1) is 12.4. The molecule has 0 aromatic heterocycles. The summed E-state index contributed by atoms with van der Waals surface area (Å²) in [6, 6.07) is 13.9. The summed E-state index contributed by atoms with van der Waals surface area (Å²) in [7, 11) is -0.652. The number of nitrogens with zero attached hydrogens (tertiary/aromatic N) is 2. The lowest BCUT2D eigenvalue weighted by atomic mass is 10.1. The Kier molecular flexibility index (Phi) is 5.29. The molecule has 1 amide bonds. The van der Waals surface area contributed by atoms with Crippen LogP contribution in [0.25, 0.3) is 0 Å². The number of carbonyl (C=O) groups excluding carboxylic acids is 1. The Morgan fingerprint density at radius 3 is 2.31 bits per heavy atom. The fraction of sp³-hybridized carbons (Fsp3) is 0.316. The number of rotatable bonds is 5. The van der Waals surface area contributed by atoms with Crippen molar-refractivity contribution < 1.29 is 13.2 Å². The SMILES string of the molecule is CN(C)S(=O)(=O)c1ccc(N2CCCC2)c(C(=O)Nc2ccccc2)c1. The smallest absolute Gasteiger partial charge is 0.257 e. The highest BCUT2D eigenvalue weighted by atomic mass is 32.2. The molecule has 1 aliphatic rings. The van der Waals surface area contributed by atoms with Gasteiger partial charge in [-0.05, 0) is 43.2 Å². The van der Waals surface area contributed by atoms with Crippen LogP contribution in [0.2, 0.25) is 0 Å². The van der Waals surface area contributed by atoms with Gasteiger partial charge in [0.15, 0.2) is 0 Å². The Bertz CT molecular complexity index is 890. The van der Waals surface area contributed by atoms with Crippen molar-refractivity contribution >= 4 is 27.3 Å². The molecule has 0 radical (unpaired) electrons. The first-order valence-corrected chi connectivity index (χ1v) is 10.0. The van der Waals surface area contributed by atoms with Crippen molar-refractivity contribution in [1.29, 1.82) is 0 Å². The molecule has 0 aliphatic carbocycles. The number of nitrogens with one attached hydrogen (secondary N) is 1. The van der Waals surface area contributed by atoms with E-state index in [1.54, 1.807) is 24.3 Å². The second-order valence-electron chi connectivity index (χ2n) is 6.48. The van der Waals surface area contributed by atoms with E-state index >= 15 is 0 Å². The van der Waals surface area contributed by atoms with Crippen LogP contribution in [0.1, 0.15) is 23.2 Å². The minimum atomic E-state index is -3.61. The maximum absolute atomic E-state index is 12.9. The number of amides is 1. The fourth-order valence-corrected chi connectivity index (χ4v) is 3.95. The molecular weight excluding hydrogens is 350 g/mol. The van der Waals surface area contributed by atoms with Gasteiger partial charge in [-0.2, -0.15) is 0 Å². The van der Waals surface area contributed by atoms with Crippen molar-refractivity contribution in [3.8, 4) is 0 Å². The molecule has 1 heterocycles. The summed E-state index contributed by atoms with van der Waals surface area (Å²) in [6.45, 7) is 1.73. The van der Waals surface area contributed by atoms with Crippen molar-refractivity contribution in [3.63, 3.8) is 0 Å². The highest BCUT2D eigenvalue weighted by Gasteiger charge is 2.24. The first-order valence-electron chi connectivity index (χ1n) is 8.57. The van der Waals surface area contributed by atoms with E-state index in [1.165, 1.54) is 20.2 Å². The van der Waals surface area contributed by atoms with Gasteiger partial charge in [-0.3, -0.25) is 4.79 Å². The van der Waals surface area contributed by atoms with E-state index in [9.17, 15) is 13.2 Å². The van der Waals surface area contributed by atoms with Crippen LogP contribution >= 0.6 is 0 Å². The number of anilines is 2. The normalized spacial score (nSPS) is 14.7. The van der Waals surface area contributed by atoms with Gasteiger partial charge in [-0.25, -0.2) is 12.7 Å². The average molecular weight is 373 g/mol. The second kappa shape index (κ2) is 7.47. The lowest BCUT2D eigenvalue weighted by Gasteiger charge is -2.22. The molecule has 1 saturated heterocycles. The Labute approximate surface area is 154 Å². The van der Waals surface area contributed by atoms with E-state index in [1.807, 2.05) is 18.2 Å². The third-order valence-corrected chi connectivity index (χ3v) is 6.28. The Morgan fingerprint density at radius 1 is 1.04 bits per heavy atom. The summed E-state index contributed by atoms with van der Waals surface area (Å²) in [5.74, 6) is -0.311. The van der Waals surface area contributed by atoms with Crippen LogP contribution in [0, 0.1) is 0 Å². The maximum atomic E-state index is 12.9. The van der Waals surface area contributed by atoms with Gasteiger partial charge in [0, 0.05) is 38.6 Å². The highest BCUT2D eigenvalue weighted by molar-refractivity contribution is 7.89. The van der Waals surface area contributed by atoms with Crippen molar-refractivity contribution in [1.82, 2.24) is 4.31 Å². The molecule has 7 heteroatoms. The third kappa shape index (κ3) is 3.73. The number of hydrogen-bond acceptors (Lipinski definition) is 4. The molecule has 2 aromatic carbocycles. The molecule has 0 atom stereocenters. The van der Waals surface area contributed by atoms with E-state index < -0.39 is 10.0 Å². The van der Waals surface area contributed by atoms with Crippen LogP contribution in [-0.4, -0.2) is 45.8 Å². The van der Waals surface area contributed by atoms with Crippen LogP contribution in [0.3, 0.4) is 0 Å². The number of hydrogen-bond donors (Lipinski definition) is 1. The van der Waals surface area contributed by atoms with E-state index in [2.05, 4.69) is 10.2 Å². The van der Waals surface area contributed by atoms with Gasteiger partial charge >= 0.3 is 0 Å². The molecule has 1 aliphatic heterocycles. The quantitative estimate of drug-likeness (QED) is 0.875. The Morgan fingerprint density at radius 2 is 1.69 bits per heavy atom. The zero-order valence-corrected chi connectivity index (χ0v) is 15.8. The molecule has 1 fully saturated rings.